The molecule has 1 aromatic rings. The monoisotopic (exact) mass is 275 g/mol. The van der Waals surface area contributed by atoms with Crippen molar-refractivity contribution in [3.63, 3.8) is 0 Å². The molecule has 1 aliphatic heterocycles. The van der Waals surface area contributed by atoms with Gasteiger partial charge in [-0.2, -0.15) is 0 Å². The zero-order chi connectivity index (χ0) is 14.8. The zero-order valence-electron chi connectivity index (χ0n) is 12.2. The normalized spacial score (nSPS) is 22.4. The van der Waals surface area contributed by atoms with E-state index in [-0.39, 0.29) is 17.8 Å². The Labute approximate surface area is 119 Å². The molecule has 4 heteroatoms. The Morgan fingerprint density at radius 3 is 2.55 bits per heavy atom. The molecule has 1 aromatic carbocycles. The van der Waals surface area contributed by atoms with Crippen molar-refractivity contribution in [2.45, 2.75) is 45.3 Å². The second kappa shape index (κ2) is 5.65. The van der Waals surface area contributed by atoms with Crippen LogP contribution >= 0.6 is 0 Å². The van der Waals surface area contributed by atoms with E-state index >= 15 is 0 Å². The molecule has 108 valence electrons. The average molecular weight is 275 g/mol. The lowest BCUT2D eigenvalue weighted by Crippen LogP contribution is -2.42. The van der Waals surface area contributed by atoms with E-state index in [0.29, 0.717) is 12.8 Å². The van der Waals surface area contributed by atoms with Crippen LogP contribution in [0.1, 0.15) is 32.8 Å². The van der Waals surface area contributed by atoms with Crippen LogP contribution in [0.3, 0.4) is 0 Å². The lowest BCUT2D eigenvalue weighted by molar-refractivity contribution is -0.158. The van der Waals surface area contributed by atoms with Crippen LogP contribution in [0.4, 0.5) is 0 Å². The maximum absolute atomic E-state index is 12.2. The summed E-state index contributed by atoms with van der Waals surface area (Å²) in [6.07, 6.45) is 1.07. The van der Waals surface area contributed by atoms with Crippen LogP contribution < -0.4 is 5.32 Å². The molecule has 0 radical (unpaired) electrons. The summed E-state index contributed by atoms with van der Waals surface area (Å²) in [6.45, 7) is 5.48. The van der Waals surface area contributed by atoms with Gasteiger partial charge in [-0.05, 0) is 32.8 Å². The lowest BCUT2D eigenvalue weighted by Gasteiger charge is -2.24. The van der Waals surface area contributed by atoms with Gasteiger partial charge < -0.3 is 10.1 Å². The number of carbonyl (C=O) groups excluding carboxylic acids is 2. The van der Waals surface area contributed by atoms with E-state index in [2.05, 4.69) is 5.32 Å². The number of hydrogen-bond acceptors (Lipinski definition) is 3. The molecular weight excluding hydrogens is 254 g/mol. The third kappa shape index (κ3) is 3.83. The topological polar surface area (TPSA) is 55.4 Å². The minimum atomic E-state index is -0.540. The molecule has 0 aromatic heterocycles. The van der Waals surface area contributed by atoms with Crippen molar-refractivity contribution >= 4 is 11.9 Å². The number of nitrogens with one attached hydrogen (secondary N) is 1. The van der Waals surface area contributed by atoms with Gasteiger partial charge in [-0.1, -0.05) is 30.3 Å². The van der Waals surface area contributed by atoms with E-state index in [1.807, 2.05) is 51.1 Å². The third-order valence-corrected chi connectivity index (χ3v) is 3.24. The van der Waals surface area contributed by atoms with Gasteiger partial charge in [-0.15, -0.1) is 0 Å². The number of amides is 1. The quantitative estimate of drug-likeness (QED) is 0.859. The average Bonchev–Trinajstić information content (AvgIpc) is 2.69. The third-order valence-electron chi connectivity index (χ3n) is 3.24. The van der Waals surface area contributed by atoms with Crippen molar-refractivity contribution in [2.75, 3.05) is 0 Å². The highest BCUT2D eigenvalue weighted by Crippen LogP contribution is 2.24. The van der Waals surface area contributed by atoms with Gasteiger partial charge in [0.1, 0.15) is 11.6 Å². The van der Waals surface area contributed by atoms with Crippen molar-refractivity contribution < 1.29 is 14.3 Å². The molecule has 0 saturated carbocycles. The second-order valence-corrected chi connectivity index (χ2v) is 6.23. The van der Waals surface area contributed by atoms with E-state index < -0.39 is 11.6 Å². The fourth-order valence-electron chi connectivity index (χ4n) is 2.43. The van der Waals surface area contributed by atoms with Gasteiger partial charge in [0, 0.05) is 12.3 Å². The number of hydrogen-bond donors (Lipinski definition) is 1. The van der Waals surface area contributed by atoms with Gasteiger partial charge in [-0.3, -0.25) is 4.79 Å². The minimum Gasteiger partial charge on any atom is -0.458 e. The zero-order valence-corrected chi connectivity index (χ0v) is 12.2. The standard InChI is InChI=1S/C16H21NO3/c1-16(2,3)20-15(19)14-12(10-13(18)17-14)9-11-7-5-4-6-8-11/h4-8,12,14H,9-10H2,1-3H3,(H,17,18)/t12-,14-/m0/s1. The Morgan fingerprint density at radius 1 is 1.30 bits per heavy atom. The first-order valence-corrected chi connectivity index (χ1v) is 6.91. The van der Waals surface area contributed by atoms with E-state index in [4.69, 9.17) is 4.74 Å². The molecule has 2 rings (SSSR count). The fourth-order valence-corrected chi connectivity index (χ4v) is 2.43. The summed E-state index contributed by atoms with van der Waals surface area (Å²) >= 11 is 0. The molecule has 0 unspecified atom stereocenters. The van der Waals surface area contributed by atoms with Gasteiger partial charge in [0.05, 0.1) is 0 Å². The fraction of sp³-hybridized carbons (Fsp3) is 0.500. The van der Waals surface area contributed by atoms with Crippen molar-refractivity contribution in [2.24, 2.45) is 5.92 Å². The summed E-state index contributed by atoms with van der Waals surface area (Å²) in [6, 6.07) is 9.35. The van der Waals surface area contributed by atoms with Crippen LogP contribution in [0, 0.1) is 5.92 Å². The van der Waals surface area contributed by atoms with Crippen LogP contribution in [0.2, 0.25) is 0 Å². The number of ether oxygens (including phenoxy) is 1. The minimum absolute atomic E-state index is 0.0419. The van der Waals surface area contributed by atoms with Gasteiger partial charge >= 0.3 is 5.97 Å². The van der Waals surface area contributed by atoms with Crippen LogP contribution in [0.25, 0.3) is 0 Å². The molecule has 4 nitrogen and oxygen atoms in total. The molecule has 0 bridgehead atoms. The Kier molecular flexibility index (Phi) is 4.12. The van der Waals surface area contributed by atoms with Gasteiger partial charge in [0.15, 0.2) is 0 Å². The molecule has 1 saturated heterocycles. The Hall–Kier alpha value is -1.84. The maximum atomic E-state index is 12.2. The van der Waals surface area contributed by atoms with E-state index in [0.717, 1.165) is 5.56 Å². The van der Waals surface area contributed by atoms with Crippen LogP contribution in [-0.4, -0.2) is 23.5 Å². The Bertz CT molecular complexity index is 490. The predicted molar refractivity (Wildman–Crippen MR) is 76.0 cm³/mol. The summed E-state index contributed by atoms with van der Waals surface area (Å²) in [5.41, 5.74) is 0.587. The highest BCUT2D eigenvalue weighted by molar-refractivity contribution is 5.89. The smallest absolute Gasteiger partial charge is 0.329 e. The van der Waals surface area contributed by atoms with Crippen LogP contribution in [-0.2, 0) is 20.7 Å². The van der Waals surface area contributed by atoms with Crippen molar-refractivity contribution in [3.8, 4) is 0 Å². The molecule has 0 aliphatic carbocycles. The molecule has 1 N–H and O–H groups in total. The van der Waals surface area contributed by atoms with E-state index in [1.54, 1.807) is 0 Å². The first-order valence-electron chi connectivity index (χ1n) is 6.91. The van der Waals surface area contributed by atoms with Crippen molar-refractivity contribution in [1.29, 1.82) is 0 Å². The molecular formula is C16H21NO3. The highest BCUT2D eigenvalue weighted by Gasteiger charge is 2.39. The Morgan fingerprint density at radius 2 is 1.95 bits per heavy atom. The largest absolute Gasteiger partial charge is 0.458 e. The van der Waals surface area contributed by atoms with E-state index in [9.17, 15) is 9.59 Å². The van der Waals surface area contributed by atoms with Crippen molar-refractivity contribution in [3.05, 3.63) is 35.9 Å². The lowest BCUT2D eigenvalue weighted by atomic mass is 9.92. The second-order valence-electron chi connectivity index (χ2n) is 6.23. The van der Waals surface area contributed by atoms with Crippen molar-refractivity contribution in [1.82, 2.24) is 5.32 Å². The Balaban J connectivity index is 2.07. The number of carbonyl (C=O) groups is 2. The van der Waals surface area contributed by atoms with Crippen LogP contribution in [0.5, 0.6) is 0 Å². The number of benzene rings is 1. The first-order chi connectivity index (χ1) is 9.35. The highest BCUT2D eigenvalue weighted by atomic mass is 16.6. The molecule has 1 fully saturated rings. The molecule has 1 heterocycles. The molecule has 1 amide bonds. The SMILES string of the molecule is CC(C)(C)OC(=O)[C@H]1NC(=O)C[C@@H]1Cc1ccccc1. The molecule has 0 spiro atoms. The summed E-state index contributed by atoms with van der Waals surface area (Å²) in [7, 11) is 0. The summed E-state index contributed by atoms with van der Waals surface area (Å²) in [5.74, 6) is -0.467. The predicted octanol–water partition coefficient (Wildman–Crippen LogP) is 2.08. The summed E-state index contributed by atoms with van der Waals surface area (Å²) < 4.78 is 5.38. The summed E-state index contributed by atoms with van der Waals surface area (Å²) in [4.78, 5) is 23.8. The van der Waals surface area contributed by atoms with Gasteiger partial charge in [0.2, 0.25) is 5.91 Å². The van der Waals surface area contributed by atoms with E-state index in [1.165, 1.54) is 0 Å². The first kappa shape index (κ1) is 14.6. The molecule has 1 aliphatic rings. The maximum Gasteiger partial charge on any atom is 0.329 e. The van der Waals surface area contributed by atoms with Crippen LogP contribution in [0.15, 0.2) is 30.3 Å². The molecule has 2 atom stereocenters. The summed E-state index contributed by atoms with van der Waals surface area (Å²) in [5, 5.41) is 2.73. The number of esters is 1. The van der Waals surface area contributed by atoms with Gasteiger partial charge in [-0.25, -0.2) is 4.79 Å². The number of rotatable bonds is 3. The van der Waals surface area contributed by atoms with Gasteiger partial charge in [0.25, 0.3) is 0 Å². The molecule has 20 heavy (non-hydrogen) atoms.